The summed E-state index contributed by atoms with van der Waals surface area (Å²) in [6.07, 6.45) is 2.15. The molecule has 0 spiro atoms. The number of carbonyl (C=O) groups is 1. The highest BCUT2D eigenvalue weighted by Crippen LogP contribution is 2.34. The van der Waals surface area contributed by atoms with Gasteiger partial charge >= 0.3 is 6.18 Å². The number of anilines is 1. The van der Waals surface area contributed by atoms with Crippen LogP contribution in [0.1, 0.15) is 47.9 Å². The minimum atomic E-state index is -4.71. The number of benzene rings is 1. The molecule has 1 aliphatic carbocycles. The fourth-order valence-electron chi connectivity index (χ4n) is 3.87. The van der Waals surface area contributed by atoms with E-state index < -0.39 is 33.3 Å². The Morgan fingerprint density at radius 1 is 1.18 bits per heavy atom. The van der Waals surface area contributed by atoms with Crippen molar-refractivity contribution < 1.29 is 26.4 Å². The van der Waals surface area contributed by atoms with Crippen LogP contribution in [0, 0.1) is 0 Å². The predicted octanol–water partition coefficient (Wildman–Crippen LogP) is 5.02. The number of hydrogen-bond donors (Lipinski definition) is 1. The molecule has 7 nitrogen and oxygen atoms in total. The number of fused-ring (bicyclic) bond motifs is 1. The third-order valence-corrected chi connectivity index (χ3v) is 7.93. The molecule has 0 radical (unpaired) electrons. The zero-order valence-corrected chi connectivity index (χ0v) is 20.4. The standard InChI is InChI=1S/C21H20F3IN4O3S/c1-33(31,32)18-10-16-12(11-29(28-16)14-7-5-13(25)6-8-14)9-17(18)27-20(30)15-3-2-4-19(26-15)21(22,23)24/h2-4,9-11,13-14H,5-8H2,1H3,(H,27,30)/t13-,14-. The lowest BCUT2D eigenvalue weighted by molar-refractivity contribution is -0.141. The molecule has 0 atom stereocenters. The van der Waals surface area contributed by atoms with Gasteiger partial charge in [-0.15, -0.1) is 0 Å². The van der Waals surface area contributed by atoms with E-state index in [-0.39, 0.29) is 16.6 Å². The van der Waals surface area contributed by atoms with Crippen molar-refractivity contribution in [2.45, 2.75) is 46.7 Å². The van der Waals surface area contributed by atoms with Crippen LogP contribution in [0.2, 0.25) is 0 Å². The molecule has 1 fully saturated rings. The largest absolute Gasteiger partial charge is 0.433 e. The van der Waals surface area contributed by atoms with Crippen LogP contribution in [-0.4, -0.2) is 39.3 Å². The first-order valence-electron chi connectivity index (χ1n) is 10.1. The number of carbonyl (C=O) groups excluding carboxylic acids is 1. The van der Waals surface area contributed by atoms with E-state index in [4.69, 9.17) is 0 Å². The second-order valence-electron chi connectivity index (χ2n) is 8.05. The summed E-state index contributed by atoms with van der Waals surface area (Å²) in [7, 11) is -3.77. The van der Waals surface area contributed by atoms with Crippen molar-refractivity contribution in [2.24, 2.45) is 0 Å². The summed E-state index contributed by atoms with van der Waals surface area (Å²) < 4.78 is 66.1. The number of aromatic nitrogens is 3. The van der Waals surface area contributed by atoms with Crippen molar-refractivity contribution >= 4 is 54.9 Å². The number of hydrogen-bond acceptors (Lipinski definition) is 5. The van der Waals surface area contributed by atoms with Crippen molar-refractivity contribution in [1.29, 1.82) is 0 Å². The Kier molecular flexibility index (Phi) is 6.42. The first-order valence-corrected chi connectivity index (χ1v) is 13.3. The summed E-state index contributed by atoms with van der Waals surface area (Å²) in [5, 5.41) is 7.58. The number of nitrogens with one attached hydrogen (secondary N) is 1. The molecular weight excluding hydrogens is 572 g/mol. The minimum Gasteiger partial charge on any atom is -0.319 e. The van der Waals surface area contributed by atoms with Gasteiger partial charge in [-0.3, -0.25) is 9.48 Å². The van der Waals surface area contributed by atoms with Gasteiger partial charge in [0.25, 0.3) is 5.91 Å². The molecule has 1 aromatic carbocycles. The SMILES string of the molecule is CS(=O)(=O)c1cc2nn([C@H]3CC[C@H](I)CC3)cc2cc1NC(=O)c1cccc(C(F)(F)F)n1. The van der Waals surface area contributed by atoms with Gasteiger partial charge in [0.1, 0.15) is 11.4 Å². The van der Waals surface area contributed by atoms with Crippen LogP contribution in [0.5, 0.6) is 0 Å². The quantitative estimate of drug-likeness (QED) is 0.339. The van der Waals surface area contributed by atoms with Crippen LogP contribution >= 0.6 is 22.6 Å². The van der Waals surface area contributed by atoms with Gasteiger partial charge in [-0.1, -0.05) is 28.7 Å². The molecule has 1 amide bonds. The monoisotopic (exact) mass is 592 g/mol. The van der Waals surface area contributed by atoms with E-state index in [0.717, 1.165) is 50.1 Å². The lowest BCUT2D eigenvalue weighted by Gasteiger charge is -2.25. The fourth-order valence-corrected chi connectivity index (χ4v) is 5.42. The molecule has 12 heteroatoms. The van der Waals surface area contributed by atoms with E-state index in [1.807, 2.05) is 4.68 Å². The smallest absolute Gasteiger partial charge is 0.319 e. The van der Waals surface area contributed by atoms with Gasteiger partial charge in [-0.2, -0.15) is 18.3 Å². The molecule has 3 aromatic rings. The Hall–Kier alpha value is -2.22. The average Bonchev–Trinajstić information content (AvgIpc) is 3.15. The lowest BCUT2D eigenvalue weighted by atomic mass is 9.96. The molecule has 0 bridgehead atoms. The van der Waals surface area contributed by atoms with Crippen molar-refractivity contribution in [2.75, 3.05) is 11.6 Å². The highest BCUT2D eigenvalue weighted by molar-refractivity contribution is 14.1. The summed E-state index contributed by atoms with van der Waals surface area (Å²) in [5.41, 5.74) is -1.26. The average molecular weight is 592 g/mol. The number of sulfone groups is 1. The maximum absolute atomic E-state index is 12.9. The second-order valence-corrected chi connectivity index (χ2v) is 11.8. The van der Waals surface area contributed by atoms with Gasteiger partial charge in [-0.05, 0) is 49.9 Å². The third kappa shape index (κ3) is 5.31. The number of alkyl halides is 4. The van der Waals surface area contributed by atoms with Gasteiger partial charge in [0, 0.05) is 21.8 Å². The minimum absolute atomic E-state index is 0.0373. The van der Waals surface area contributed by atoms with E-state index in [2.05, 4.69) is 38.0 Å². The van der Waals surface area contributed by atoms with Gasteiger partial charge < -0.3 is 5.32 Å². The zero-order valence-electron chi connectivity index (χ0n) is 17.4. The molecule has 0 unspecified atom stereocenters. The van der Waals surface area contributed by atoms with E-state index >= 15 is 0 Å². The third-order valence-electron chi connectivity index (χ3n) is 5.54. The predicted molar refractivity (Wildman–Crippen MR) is 125 cm³/mol. The number of nitrogens with zero attached hydrogens (tertiary/aromatic N) is 3. The van der Waals surface area contributed by atoms with Crippen LogP contribution in [0.4, 0.5) is 18.9 Å². The highest BCUT2D eigenvalue weighted by Gasteiger charge is 2.33. The summed E-state index contributed by atoms with van der Waals surface area (Å²) in [4.78, 5) is 15.8. The van der Waals surface area contributed by atoms with Crippen LogP contribution in [0.3, 0.4) is 0 Å². The molecule has 0 saturated heterocycles. The maximum atomic E-state index is 12.9. The van der Waals surface area contributed by atoms with Crippen LogP contribution in [0.15, 0.2) is 41.4 Å². The van der Waals surface area contributed by atoms with E-state index in [0.29, 0.717) is 14.8 Å². The zero-order chi connectivity index (χ0) is 24.0. The topological polar surface area (TPSA) is 94.0 Å². The van der Waals surface area contributed by atoms with Crippen LogP contribution in [-0.2, 0) is 16.0 Å². The van der Waals surface area contributed by atoms with E-state index in [1.54, 1.807) is 6.20 Å². The van der Waals surface area contributed by atoms with Crippen molar-refractivity contribution in [3.05, 3.63) is 47.9 Å². The second kappa shape index (κ2) is 8.85. The molecule has 1 N–H and O–H groups in total. The Labute approximate surface area is 201 Å². The summed E-state index contributed by atoms with van der Waals surface area (Å²) >= 11 is 2.44. The molecule has 1 aliphatic rings. The van der Waals surface area contributed by atoms with Gasteiger partial charge in [0.15, 0.2) is 9.84 Å². The Bertz CT molecular complexity index is 1320. The van der Waals surface area contributed by atoms with Gasteiger partial charge in [0.2, 0.25) is 0 Å². The molecule has 2 heterocycles. The molecule has 33 heavy (non-hydrogen) atoms. The number of amides is 1. The van der Waals surface area contributed by atoms with E-state index in [9.17, 15) is 26.4 Å². The van der Waals surface area contributed by atoms with Crippen LogP contribution in [0.25, 0.3) is 10.9 Å². The molecular formula is C21H20F3IN4O3S. The number of pyridine rings is 1. The van der Waals surface area contributed by atoms with E-state index in [1.165, 1.54) is 12.1 Å². The van der Waals surface area contributed by atoms with Gasteiger partial charge in [0.05, 0.1) is 22.1 Å². The highest BCUT2D eigenvalue weighted by atomic mass is 127. The fraction of sp³-hybridized carbons (Fsp3) is 0.381. The number of halogens is 4. The maximum Gasteiger partial charge on any atom is 0.433 e. The molecule has 0 aliphatic heterocycles. The van der Waals surface area contributed by atoms with Crippen molar-refractivity contribution in [3.63, 3.8) is 0 Å². The summed E-state index contributed by atoms with van der Waals surface area (Å²) in [6, 6.07) is 6.01. The van der Waals surface area contributed by atoms with Crippen molar-refractivity contribution in [1.82, 2.24) is 14.8 Å². The lowest BCUT2D eigenvalue weighted by Crippen LogP contribution is -2.18. The molecule has 4 rings (SSSR count). The Morgan fingerprint density at radius 3 is 2.52 bits per heavy atom. The Balaban J connectivity index is 1.69. The Morgan fingerprint density at radius 2 is 1.88 bits per heavy atom. The van der Waals surface area contributed by atoms with Crippen molar-refractivity contribution in [3.8, 4) is 0 Å². The summed E-state index contributed by atoms with van der Waals surface area (Å²) in [5.74, 6) is -0.946. The molecule has 1 saturated carbocycles. The first-order chi connectivity index (χ1) is 15.4. The first kappa shape index (κ1) is 23.9. The van der Waals surface area contributed by atoms with Crippen LogP contribution < -0.4 is 5.32 Å². The normalized spacial score (nSPS) is 19.5. The van der Waals surface area contributed by atoms with Gasteiger partial charge in [-0.25, -0.2) is 13.4 Å². The molecule has 176 valence electrons. The molecule has 2 aromatic heterocycles. The number of rotatable bonds is 4. The summed E-state index contributed by atoms with van der Waals surface area (Å²) in [6.45, 7) is 0.